The summed E-state index contributed by atoms with van der Waals surface area (Å²) in [4.78, 5) is 19.5. The molecule has 4 nitrogen and oxygen atoms in total. The molecule has 0 spiro atoms. The number of amides is 1. The zero-order valence-corrected chi connectivity index (χ0v) is 17.0. The van der Waals surface area contributed by atoms with Crippen molar-refractivity contribution in [3.63, 3.8) is 0 Å². The maximum Gasteiger partial charge on any atom is 0.229 e. The summed E-state index contributed by atoms with van der Waals surface area (Å²) in [5, 5.41) is 1.34. The summed E-state index contributed by atoms with van der Waals surface area (Å²) >= 11 is 7.66. The van der Waals surface area contributed by atoms with Gasteiger partial charge in [-0.2, -0.15) is 0 Å². The van der Waals surface area contributed by atoms with Gasteiger partial charge >= 0.3 is 0 Å². The molecule has 0 unspecified atom stereocenters. The van der Waals surface area contributed by atoms with E-state index in [1.807, 2.05) is 61.5 Å². The Kier molecular flexibility index (Phi) is 5.46. The van der Waals surface area contributed by atoms with Gasteiger partial charge in [-0.25, -0.2) is 4.98 Å². The Labute approximate surface area is 172 Å². The first-order valence-corrected chi connectivity index (χ1v) is 10.2. The summed E-state index contributed by atoms with van der Waals surface area (Å²) in [6.07, 6.45) is 2.70. The van der Waals surface area contributed by atoms with Gasteiger partial charge in [0.25, 0.3) is 0 Å². The van der Waals surface area contributed by atoms with Gasteiger partial charge in [0.2, 0.25) is 5.91 Å². The molecule has 1 amide bonds. The van der Waals surface area contributed by atoms with Crippen molar-refractivity contribution in [1.29, 1.82) is 0 Å². The van der Waals surface area contributed by atoms with Crippen LogP contribution >= 0.6 is 22.9 Å². The number of benzene rings is 2. The summed E-state index contributed by atoms with van der Waals surface area (Å²) in [7, 11) is 0. The van der Waals surface area contributed by atoms with Crippen LogP contribution in [0, 0.1) is 6.92 Å². The molecule has 142 valence electrons. The van der Waals surface area contributed by atoms with Crippen LogP contribution in [0.1, 0.15) is 23.3 Å². The molecule has 2 heterocycles. The minimum absolute atomic E-state index is 0.0167. The topological polar surface area (TPSA) is 46.3 Å². The molecule has 0 aliphatic rings. The summed E-state index contributed by atoms with van der Waals surface area (Å²) in [6, 6.07) is 17.5. The van der Waals surface area contributed by atoms with Crippen molar-refractivity contribution in [2.45, 2.75) is 26.3 Å². The molecule has 0 atom stereocenters. The SMILES string of the molecule is Cc1cc(Cl)cc2sc(N(Cc3ccco3)C(=O)CCc3ccccc3)nc12. The third-order valence-corrected chi connectivity index (χ3v) is 5.78. The fraction of sp³-hybridized carbons (Fsp3) is 0.182. The number of carbonyl (C=O) groups excluding carboxylic acids is 1. The number of aromatic nitrogens is 1. The summed E-state index contributed by atoms with van der Waals surface area (Å²) in [5.41, 5.74) is 3.02. The number of halogens is 1. The van der Waals surface area contributed by atoms with E-state index in [0.29, 0.717) is 29.5 Å². The highest BCUT2D eigenvalue weighted by Gasteiger charge is 2.21. The number of rotatable bonds is 6. The third kappa shape index (κ3) is 4.11. The molecule has 4 aromatic rings. The van der Waals surface area contributed by atoms with Gasteiger partial charge in [0.15, 0.2) is 5.13 Å². The standard InChI is InChI=1S/C22H19ClN2O2S/c1-15-12-17(23)13-19-21(15)24-22(28-19)25(14-18-8-5-11-27-18)20(26)10-9-16-6-3-2-4-7-16/h2-8,11-13H,9-10,14H2,1H3. The molecule has 2 aromatic carbocycles. The average molecular weight is 411 g/mol. The fourth-order valence-corrected chi connectivity index (χ4v) is 4.55. The van der Waals surface area contributed by atoms with E-state index in [1.54, 1.807) is 11.2 Å². The minimum Gasteiger partial charge on any atom is -0.467 e. The second kappa shape index (κ2) is 8.17. The van der Waals surface area contributed by atoms with Crippen LogP contribution in [-0.4, -0.2) is 10.9 Å². The Hall–Kier alpha value is -2.63. The number of thiazole rings is 1. The van der Waals surface area contributed by atoms with Crippen molar-refractivity contribution in [3.05, 3.63) is 82.8 Å². The number of hydrogen-bond acceptors (Lipinski definition) is 4. The Bertz CT molecular complexity index is 1090. The quantitative estimate of drug-likeness (QED) is 0.390. The second-order valence-electron chi connectivity index (χ2n) is 6.61. The first-order valence-electron chi connectivity index (χ1n) is 9.03. The maximum atomic E-state index is 13.1. The molecule has 0 radical (unpaired) electrons. The Balaban J connectivity index is 1.63. The van der Waals surface area contributed by atoms with Crippen LogP contribution in [0.25, 0.3) is 10.2 Å². The molecule has 0 N–H and O–H groups in total. The number of anilines is 1. The average Bonchev–Trinajstić information content (AvgIpc) is 3.34. The molecular weight excluding hydrogens is 392 g/mol. The van der Waals surface area contributed by atoms with E-state index in [9.17, 15) is 4.79 Å². The van der Waals surface area contributed by atoms with Gasteiger partial charge in [0.05, 0.1) is 23.0 Å². The summed E-state index contributed by atoms with van der Waals surface area (Å²) < 4.78 is 6.45. The Morgan fingerprint density at radius 1 is 1.18 bits per heavy atom. The van der Waals surface area contributed by atoms with Gasteiger partial charge < -0.3 is 4.42 Å². The molecule has 6 heteroatoms. The highest BCUT2D eigenvalue weighted by molar-refractivity contribution is 7.22. The monoisotopic (exact) mass is 410 g/mol. The van der Waals surface area contributed by atoms with Gasteiger partial charge in [-0.05, 0) is 48.7 Å². The predicted octanol–water partition coefficient (Wildman–Crippen LogP) is 6.02. The number of nitrogens with zero attached hydrogens (tertiary/aromatic N) is 2. The van der Waals surface area contributed by atoms with Crippen molar-refractivity contribution in [2.24, 2.45) is 0 Å². The van der Waals surface area contributed by atoms with E-state index in [4.69, 9.17) is 21.0 Å². The van der Waals surface area contributed by atoms with Crippen LogP contribution in [0.4, 0.5) is 5.13 Å². The molecule has 0 aliphatic carbocycles. The lowest BCUT2D eigenvalue weighted by atomic mass is 10.1. The fourth-order valence-electron chi connectivity index (χ4n) is 3.11. The number of furan rings is 1. The molecule has 2 aromatic heterocycles. The number of carbonyl (C=O) groups is 1. The number of fused-ring (bicyclic) bond motifs is 1. The van der Waals surface area contributed by atoms with E-state index in [2.05, 4.69) is 0 Å². The van der Waals surface area contributed by atoms with Crippen LogP contribution < -0.4 is 4.90 Å². The Morgan fingerprint density at radius 3 is 2.75 bits per heavy atom. The highest BCUT2D eigenvalue weighted by Crippen LogP contribution is 2.34. The van der Waals surface area contributed by atoms with Crippen LogP contribution in [0.5, 0.6) is 0 Å². The van der Waals surface area contributed by atoms with Crippen molar-refractivity contribution in [2.75, 3.05) is 4.90 Å². The van der Waals surface area contributed by atoms with Crippen molar-refractivity contribution in [3.8, 4) is 0 Å². The van der Waals surface area contributed by atoms with Gasteiger partial charge in [-0.1, -0.05) is 53.3 Å². The minimum atomic E-state index is 0.0167. The molecule has 0 bridgehead atoms. The van der Waals surface area contributed by atoms with Gasteiger partial charge in [0, 0.05) is 11.4 Å². The van der Waals surface area contributed by atoms with Crippen molar-refractivity contribution in [1.82, 2.24) is 4.98 Å². The summed E-state index contributed by atoms with van der Waals surface area (Å²) in [5.74, 6) is 0.741. The number of hydrogen-bond donors (Lipinski definition) is 0. The molecule has 0 saturated carbocycles. The number of aryl methyl sites for hydroxylation is 2. The van der Waals surface area contributed by atoms with Gasteiger partial charge in [-0.15, -0.1) is 0 Å². The smallest absolute Gasteiger partial charge is 0.229 e. The van der Waals surface area contributed by atoms with E-state index in [-0.39, 0.29) is 5.91 Å². The zero-order valence-electron chi connectivity index (χ0n) is 15.4. The van der Waals surface area contributed by atoms with E-state index in [0.717, 1.165) is 27.1 Å². The van der Waals surface area contributed by atoms with E-state index in [1.165, 1.54) is 11.3 Å². The normalized spacial score (nSPS) is 11.1. The van der Waals surface area contributed by atoms with Crippen LogP contribution in [0.3, 0.4) is 0 Å². The largest absolute Gasteiger partial charge is 0.467 e. The van der Waals surface area contributed by atoms with Crippen molar-refractivity contribution < 1.29 is 9.21 Å². The lowest BCUT2D eigenvalue weighted by molar-refractivity contribution is -0.118. The highest BCUT2D eigenvalue weighted by atomic mass is 35.5. The molecule has 0 aliphatic heterocycles. The zero-order chi connectivity index (χ0) is 19.5. The van der Waals surface area contributed by atoms with E-state index >= 15 is 0 Å². The first kappa shape index (κ1) is 18.7. The second-order valence-corrected chi connectivity index (χ2v) is 8.06. The van der Waals surface area contributed by atoms with Crippen molar-refractivity contribution >= 4 is 44.2 Å². The third-order valence-electron chi connectivity index (χ3n) is 4.54. The lowest BCUT2D eigenvalue weighted by Gasteiger charge is -2.18. The molecular formula is C22H19ClN2O2S. The van der Waals surface area contributed by atoms with Crippen LogP contribution in [0.2, 0.25) is 5.02 Å². The Morgan fingerprint density at radius 2 is 2.00 bits per heavy atom. The molecule has 0 saturated heterocycles. The maximum absolute atomic E-state index is 13.1. The molecule has 28 heavy (non-hydrogen) atoms. The van der Waals surface area contributed by atoms with Crippen LogP contribution in [-0.2, 0) is 17.8 Å². The lowest BCUT2D eigenvalue weighted by Crippen LogP contribution is -2.30. The summed E-state index contributed by atoms with van der Waals surface area (Å²) in [6.45, 7) is 2.33. The van der Waals surface area contributed by atoms with E-state index < -0.39 is 0 Å². The predicted molar refractivity (Wildman–Crippen MR) is 114 cm³/mol. The first-order chi connectivity index (χ1) is 13.6. The molecule has 0 fully saturated rings. The van der Waals surface area contributed by atoms with Crippen LogP contribution in [0.15, 0.2) is 65.3 Å². The van der Waals surface area contributed by atoms with Gasteiger partial charge in [0.1, 0.15) is 5.76 Å². The van der Waals surface area contributed by atoms with Gasteiger partial charge in [-0.3, -0.25) is 9.69 Å². The molecule has 4 rings (SSSR count).